The van der Waals surface area contributed by atoms with Crippen LogP contribution in [0.15, 0.2) is 48.5 Å². The largest absolute Gasteiger partial charge is 0.494 e. The van der Waals surface area contributed by atoms with Crippen LogP contribution in [0, 0.1) is 29.6 Å². The van der Waals surface area contributed by atoms with Crippen molar-refractivity contribution in [3.63, 3.8) is 0 Å². The normalized spacial score (nSPS) is 14.4. The molecule has 0 aliphatic heterocycles. The molecule has 0 aliphatic carbocycles. The number of benzene rings is 2. The summed E-state index contributed by atoms with van der Waals surface area (Å²) in [4.78, 5) is 62.0. The fourth-order valence-corrected chi connectivity index (χ4v) is 7.36. The molecule has 0 amide bonds. The molecular formula is C52H84N2O10. The second kappa shape index (κ2) is 28.9. The van der Waals surface area contributed by atoms with Crippen molar-refractivity contribution < 1.29 is 47.8 Å². The molecule has 2 N–H and O–H groups in total. The van der Waals surface area contributed by atoms with Crippen LogP contribution in [0.5, 0.6) is 11.5 Å². The third-order valence-electron chi connectivity index (χ3n) is 10.9. The average Bonchev–Trinajstić information content (AvgIpc) is 3.21. The molecular weight excluding hydrogens is 813 g/mol. The Morgan fingerprint density at radius 3 is 1.28 bits per heavy atom. The summed E-state index contributed by atoms with van der Waals surface area (Å²) in [6, 6.07) is 13.9. The minimum atomic E-state index is -0.864. The highest BCUT2D eigenvalue weighted by atomic mass is 16.6. The summed E-state index contributed by atoms with van der Waals surface area (Å²) in [5.74, 6) is 0.674. The first-order chi connectivity index (χ1) is 30.1. The van der Waals surface area contributed by atoms with Gasteiger partial charge in [0.15, 0.2) is 0 Å². The van der Waals surface area contributed by atoms with Crippen molar-refractivity contribution >= 4 is 23.5 Å². The molecule has 3 unspecified atom stereocenters. The molecule has 0 aliphatic rings. The highest BCUT2D eigenvalue weighted by Crippen LogP contribution is 2.29. The van der Waals surface area contributed by atoms with Crippen molar-refractivity contribution in [2.45, 2.75) is 191 Å². The summed E-state index contributed by atoms with van der Waals surface area (Å²) < 4.78 is 23.0. The fourth-order valence-electron chi connectivity index (χ4n) is 7.36. The molecule has 2 aromatic carbocycles. The SMILES string of the molecule is CCC(CCOc1cccc(CON[C@@H](CC(C)C)C(=O)C(=O)OC(C)(C)C)c1)CCC(CC)CC(CC)CCOc1cccc(CON[C@@H](CC(C)C)C(=O)C(=O)OC(C)(C)C)c1. The van der Waals surface area contributed by atoms with E-state index in [2.05, 4.69) is 31.7 Å². The van der Waals surface area contributed by atoms with Crippen LogP contribution in [0.2, 0.25) is 0 Å². The van der Waals surface area contributed by atoms with E-state index < -0.39 is 46.8 Å². The van der Waals surface area contributed by atoms with Crippen LogP contribution in [0.3, 0.4) is 0 Å². The van der Waals surface area contributed by atoms with Crippen LogP contribution in [-0.4, -0.2) is 60.0 Å². The first-order valence-electron chi connectivity index (χ1n) is 23.8. The number of esters is 2. The summed E-state index contributed by atoms with van der Waals surface area (Å²) in [5, 5.41) is 0. The number of carbonyl (C=O) groups excluding carboxylic acids is 4. The second-order valence-corrected chi connectivity index (χ2v) is 20.1. The van der Waals surface area contributed by atoms with Crippen LogP contribution in [0.25, 0.3) is 0 Å². The van der Waals surface area contributed by atoms with Crippen LogP contribution in [-0.2, 0) is 51.5 Å². The van der Waals surface area contributed by atoms with Gasteiger partial charge in [-0.15, -0.1) is 0 Å². The Labute approximate surface area is 385 Å². The summed E-state index contributed by atoms with van der Waals surface area (Å²) in [5.41, 5.74) is 5.90. The molecule has 12 heteroatoms. The molecule has 0 fully saturated rings. The molecule has 2 rings (SSSR count). The molecule has 64 heavy (non-hydrogen) atoms. The molecule has 0 aromatic heterocycles. The van der Waals surface area contributed by atoms with Crippen molar-refractivity contribution in [1.82, 2.24) is 11.0 Å². The molecule has 0 saturated carbocycles. The maximum absolute atomic E-state index is 12.8. The van der Waals surface area contributed by atoms with E-state index in [4.69, 9.17) is 28.6 Å². The predicted molar refractivity (Wildman–Crippen MR) is 252 cm³/mol. The number of Topliss-reactive ketones (excluding diaryl/α,β-unsaturated/α-hetero) is 2. The molecule has 5 atom stereocenters. The minimum absolute atomic E-state index is 0.169. The number of hydroxylamine groups is 2. The number of carbonyl (C=O) groups is 4. The van der Waals surface area contributed by atoms with Gasteiger partial charge in [0.05, 0.1) is 26.4 Å². The van der Waals surface area contributed by atoms with Crippen molar-refractivity contribution in [2.24, 2.45) is 29.6 Å². The van der Waals surface area contributed by atoms with E-state index in [1.165, 1.54) is 19.3 Å². The highest BCUT2D eigenvalue weighted by molar-refractivity contribution is 6.36. The van der Waals surface area contributed by atoms with Gasteiger partial charge in [0.1, 0.15) is 34.8 Å². The van der Waals surface area contributed by atoms with E-state index in [0.29, 0.717) is 43.8 Å². The van der Waals surface area contributed by atoms with E-state index in [1.807, 2.05) is 76.2 Å². The van der Waals surface area contributed by atoms with E-state index in [0.717, 1.165) is 54.7 Å². The monoisotopic (exact) mass is 897 g/mol. The van der Waals surface area contributed by atoms with Gasteiger partial charge in [-0.1, -0.05) is 105 Å². The van der Waals surface area contributed by atoms with Crippen molar-refractivity contribution in [3.05, 3.63) is 59.7 Å². The summed E-state index contributed by atoms with van der Waals surface area (Å²) in [6.45, 7) is 26.9. The third kappa shape index (κ3) is 23.9. The molecule has 362 valence electrons. The smallest absolute Gasteiger partial charge is 0.376 e. The van der Waals surface area contributed by atoms with Gasteiger partial charge in [-0.05, 0) is 139 Å². The maximum Gasteiger partial charge on any atom is 0.376 e. The highest BCUT2D eigenvalue weighted by Gasteiger charge is 2.32. The van der Waals surface area contributed by atoms with Crippen LogP contribution < -0.4 is 20.4 Å². The lowest BCUT2D eigenvalue weighted by Crippen LogP contribution is -2.44. The summed E-state index contributed by atoms with van der Waals surface area (Å²) in [6.07, 6.45) is 9.74. The Morgan fingerprint density at radius 1 is 0.531 bits per heavy atom. The van der Waals surface area contributed by atoms with Crippen LogP contribution >= 0.6 is 0 Å². The van der Waals surface area contributed by atoms with Crippen molar-refractivity contribution in [1.29, 1.82) is 0 Å². The predicted octanol–water partition coefficient (Wildman–Crippen LogP) is 10.9. The van der Waals surface area contributed by atoms with E-state index in [9.17, 15) is 19.2 Å². The first-order valence-corrected chi connectivity index (χ1v) is 23.8. The number of ketones is 2. The number of nitrogens with one attached hydrogen (secondary N) is 2. The van der Waals surface area contributed by atoms with Gasteiger partial charge in [0.25, 0.3) is 11.6 Å². The molecule has 0 heterocycles. The van der Waals surface area contributed by atoms with Gasteiger partial charge in [-0.2, -0.15) is 11.0 Å². The molecule has 0 spiro atoms. The second-order valence-electron chi connectivity index (χ2n) is 20.1. The van der Waals surface area contributed by atoms with Crippen LogP contribution in [0.4, 0.5) is 0 Å². The van der Waals surface area contributed by atoms with Gasteiger partial charge >= 0.3 is 11.9 Å². The fraction of sp³-hybridized carbons (Fsp3) is 0.692. The van der Waals surface area contributed by atoms with Crippen molar-refractivity contribution in [3.8, 4) is 11.5 Å². The standard InChI is InChI=1S/C52H84N2O10/c1-14-38(25-27-59-43-21-17-19-41(32-43)34-61-53-45(29-36(4)5)47(55)49(57)63-51(8,9)10)23-24-39(15-2)31-40(16-3)26-28-60-44-22-18-20-42(33-44)35-62-54-46(30-37(6)7)48(56)50(58)64-52(11,12)13/h17-22,32-33,36-40,45-46,53-54H,14-16,23-31,34-35H2,1-13H3/t38?,39?,40?,45-,46-/m0/s1. The zero-order valence-electron chi connectivity index (χ0n) is 41.6. The molecule has 0 radical (unpaired) electrons. The van der Waals surface area contributed by atoms with Gasteiger partial charge in [0.2, 0.25) is 0 Å². The van der Waals surface area contributed by atoms with Gasteiger partial charge < -0.3 is 18.9 Å². The zero-order valence-corrected chi connectivity index (χ0v) is 41.6. The molecule has 0 bridgehead atoms. The van der Waals surface area contributed by atoms with E-state index >= 15 is 0 Å². The zero-order chi connectivity index (χ0) is 47.9. The van der Waals surface area contributed by atoms with Crippen molar-refractivity contribution in [2.75, 3.05) is 13.2 Å². The molecule has 2 aromatic rings. The third-order valence-corrected chi connectivity index (χ3v) is 10.9. The first kappa shape index (κ1) is 56.3. The number of hydrogen-bond acceptors (Lipinski definition) is 12. The molecule has 0 saturated heterocycles. The Bertz CT molecular complexity index is 1680. The lowest BCUT2D eigenvalue weighted by molar-refractivity contribution is -0.165. The summed E-state index contributed by atoms with van der Waals surface area (Å²) >= 11 is 0. The average molecular weight is 897 g/mol. The van der Waals surface area contributed by atoms with Gasteiger partial charge in [0, 0.05) is 0 Å². The minimum Gasteiger partial charge on any atom is -0.494 e. The topological polar surface area (TPSA) is 148 Å². The number of rotatable bonds is 32. The lowest BCUT2D eigenvalue weighted by Gasteiger charge is -2.24. The Balaban J connectivity index is 1.80. The number of ether oxygens (including phenoxy) is 4. The van der Waals surface area contributed by atoms with Gasteiger partial charge in [-0.25, -0.2) is 9.59 Å². The Morgan fingerprint density at radius 2 is 0.906 bits per heavy atom. The Hall–Kier alpha value is -3.84. The Kier molecular flexibility index (Phi) is 25.5. The quantitative estimate of drug-likeness (QED) is 0.0409. The summed E-state index contributed by atoms with van der Waals surface area (Å²) in [7, 11) is 0. The van der Waals surface area contributed by atoms with Crippen LogP contribution in [0.1, 0.15) is 165 Å². The number of hydrogen-bond donors (Lipinski definition) is 2. The van der Waals surface area contributed by atoms with E-state index in [1.54, 1.807) is 41.5 Å². The van der Waals surface area contributed by atoms with Gasteiger partial charge in [-0.3, -0.25) is 19.3 Å². The molecule has 12 nitrogen and oxygen atoms in total. The lowest BCUT2D eigenvalue weighted by atomic mass is 9.83. The van der Waals surface area contributed by atoms with E-state index in [-0.39, 0.29) is 25.0 Å². The maximum atomic E-state index is 12.8.